The Kier molecular flexibility index (Phi) is 3.62. The van der Waals surface area contributed by atoms with Gasteiger partial charge in [-0.15, -0.1) is 0 Å². The minimum atomic E-state index is -0.223. The van der Waals surface area contributed by atoms with E-state index in [9.17, 15) is 4.79 Å². The highest BCUT2D eigenvalue weighted by molar-refractivity contribution is 5.85. The molecule has 0 aliphatic carbocycles. The quantitative estimate of drug-likeness (QED) is 0.803. The van der Waals surface area contributed by atoms with Crippen LogP contribution in [0.3, 0.4) is 0 Å². The molecule has 0 bridgehead atoms. The molecule has 0 radical (unpaired) electrons. The number of carbonyl (C=O) groups excluding carboxylic acids is 1. The summed E-state index contributed by atoms with van der Waals surface area (Å²) in [6.07, 6.45) is 3.07. The molecule has 1 aliphatic heterocycles. The van der Waals surface area contributed by atoms with Crippen LogP contribution in [-0.2, 0) is 16.0 Å². The van der Waals surface area contributed by atoms with Gasteiger partial charge in [0.25, 0.3) is 0 Å². The standard InChI is InChI=1S/C13H20N2O2/c1-9(2)15-6-4-11(14-15)8-12(16)13-10(3)5-7-17-13/h4,6,9-10,13H,5,7-8H2,1-3H3. The van der Waals surface area contributed by atoms with Crippen molar-refractivity contribution in [2.24, 2.45) is 5.92 Å². The van der Waals surface area contributed by atoms with E-state index in [-0.39, 0.29) is 11.9 Å². The van der Waals surface area contributed by atoms with Gasteiger partial charge < -0.3 is 4.74 Å². The number of Topliss-reactive ketones (excluding diaryl/α,β-unsaturated/α-hetero) is 1. The molecule has 1 fully saturated rings. The first-order valence-electron chi connectivity index (χ1n) is 6.26. The highest BCUT2D eigenvalue weighted by atomic mass is 16.5. The average Bonchev–Trinajstić information content (AvgIpc) is 2.86. The summed E-state index contributed by atoms with van der Waals surface area (Å²) in [6.45, 7) is 6.92. The zero-order valence-corrected chi connectivity index (χ0v) is 10.7. The second kappa shape index (κ2) is 5.00. The van der Waals surface area contributed by atoms with Crippen molar-refractivity contribution in [1.82, 2.24) is 9.78 Å². The Morgan fingerprint density at radius 3 is 2.94 bits per heavy atom. The van der Waals surface area contributed by atoms with Gasteiger partial charge in [0.15, 0.2) is 5.78 Å². The SMILES string of the molecule is CC1CCOC1C(=O)Cc1ccn(C(C)C)n1. The van der Waals surface area contributed by atoms with Gasteiger partial charge in [0.05, 0.1) is 12.1 Å². The maximum absolute atomic E-state index is 12.0. The zero-order chi connectivity index (χ0) is 12.4. The highest BCUT2D eigenvalue weighted by Crippen LogP contribution is 2.21. The summed E-state index contributed by atoms with van der Waals surface area (Å²) in [6, 6.07) is 2.25. The molecule has 0 N–H and O–H groups in total. The molecular formula is C13H20N2O2. The van der Waals surface area contributed by atoms with E-state index in [2.05, 4.69) is 25.9 Å². The summed E-state index contributed by atoms with van der Waals surface area (Å²) in [7, 11) is 0. The van der Waals surface area contributed by atoms with Crippen LogP contribution in [0.4, 0.5) is 0 Å². The molecule has 1 aromatic heterocycles. The Bertz CT molecular complexity index is 398. The first-order valence-corrected chi connectivity index (χ1v) is 6.26. The number of hydrogen-bond donors (Lipinski definition) is 0. The van der Waals surface area contributed by atoms with E-state index >= 15 is 0 Å². The van der Waals surface area contributed by atoms with Gasteiger partial charge in [-0.05, 0) is 32.3 Å². The molecule has 0 spiro atoms. The number of nitrogens with zero attached hydrogens (tertiary/aromatic N) is 2. The maximum atomic E-state index is 12.0. The summed E-state index contributed by atoms with van der Waals surface area (Å²) >= 11 is 0. The van der Waals surface area contributed by atoms with Crippen LogP contribution in [0.2, 0.25) is 0 Å². The van der Waals surface area contributed by atoms with Crippen LogP contribution in [0.5, 0.6) is 0 Å². The van der Waals surface area contributed by atoms with E-state index in [0.717, 1.165) is 12.1 Å². The van der Waals surface area contributed by atoms with Crippen LogP contribution < -0.4 is 0 Å². The van der Waals surface area contributed by atoms with E-state index in [1.165, 1.54) is 0 Å². The van der Waals surface area contributed by atoms with Gasteiger partial charge >= 0.3 is 0 Å². The molecule has 1 saturated heterocycles. The number of rotatable bonds is 4. The molecule has 4 nitrogen and oxygen atoms in total. The summed E-state index contributed by atoms with van der Waals surface area (Å²) < 4.78 is 7.35. The third-order valence-electron chi connectivity index (χ3n) is 3.25. The lowest BCUT2D eigenvalue weighted by Crippen LogP contribution is -2.26. The van der Waals surface area contributed by atoms with Gasteiger partial charge in [-0.2, -0.15) is 5.10 Å². The summed E-state index contributed by atoms with van der Waals surface area (Å²) in [5.74, 6) is 0.499. The lowest BCUT2D eigenvalue weighted by atomic mass is 9.98. The maximum Gasteiger partial charge on any atom is 0.167 e. The van der Waals surface area contributed by atoms with Crippen molar-refractivity contribution in [2.75, 3.05) is 6.61 Å². The van der Waals surface area contributed by atoms with Gasteiger partial charge in [0, 0.05) is 18.8 Å². The Morgan fingerprint density at radius 2 is 2.41 bits per heavy atom. The van der Waals surface area contributed by atoms with Crippen LogP contribution in [0, 0.1) is 5.92 Å². The van der Waals surface area contributed by atoms with E-state index < -0.39 is 0 Å². The molecule has 0 aromatic carbocycles. The van der Waals surface area contributed by atoms with Gasteiger partial charge in [-0.25, -0.2) is 0 Å². The molecule has 1 aliphatic rings. The fraction of sp³-hybridized carbons (Fsp3) is 0.692. The highest BCUT2D eigenvalue weighted by Gasteiger charge is 2.30. The molecule has 94 valence electrons. The lowest BCUT2D eigenvalue weighted by molar-refractivity contribution is -0.128. The molecule has 0 saturated carbocycles. The molecular weight excluding hydrogens is 216 g/mol. The Morgan fingerprint density at radius 1 is 1.65 bits per heavy atom. The van der Waals surface area contributed by atoms with Crippen LogP contribution in [-0.4, -0.2) is 28.3 Å². The predicted octanol–water partition coefficient (Wildman–Crippen LogP) is 2.00. The van der Waals surface area contributed by atoms with Gasteiger partial charge in [-0.1, -0.05) is 6.92 Å². The Labute approximate surface area is 102 Å². The first-order chi connectivity index (χ1) is 8.08. The Balaban J connectivity index is 1.97. The summed E-state index contributed by atoms with van der Waals surface area (Å²) in [5.41, 5.74) is 0.839. The molecule has 17 heavy (non-hydrogen) atoms. The summed E-state index contributed by atoms with van der Waals surface area (Å²) in [5, 5.41) is 4.39. The first kappa shape index (κ1) is 12.3. The van der Waals surface area contributed by atoms with Crippen molar-refractivity contribution in [3.8, 4) is 0 Å². The van der Waals surface area contributed by atoms with E-state index in [0.29, 0.717) is 25.0 Å². The molecule has 2 atom stereocenters. The van der Waals surface area contributed by atoms with Gasteiger partial charge in [-0.3, -0.25) is 9.48 Å². The lowest BCUT2D eigenvalue weighted by Gasteiger charge is -2.12. The molecule has 0 amide bonds. The van der Waals surface area contributed by atoms with Crippen LogP contribution >= 0.6 is 0 Å². The van der Waals surface area contributed by atoms with Crippen molar-refractivity contribution >= 4 is 5.78 Å². The Hall–Kier alpha value is -1.16. The third-order valence-corrected chi connectivity index (χ3v) is 3.25. The van der Waals surface area contributed by atoms with Crippen molar-refractivity contribution in [3.63, 3.8) is 0 Å². The van der Waals surface area contributed by atoms with E-state index in [4.69, 9.17) is 4.74 Å². The van der Waals surface area contributed by atoms with Crippen molar-refractivity contribution in [1.29, 1.82) is 0 Å². The number of ether oxygens (including phenoxy) is 1. The molecule has 2 rings (SSSR count). The smallest absolute Gasteiger partial charge is 0.167 e. The topological polar surface area (TPSA) is 44.1 Å². The largest absolute Gasteiger partial charge is 0.370 e. The molecule has 4 heteroatoms. The zero-order valence-electron chi connectivity index (χ0n) is 10.7. The second-order valence-corrected chi connectivity index (χ2v) is 5.08. The summed E-state index contributed by atoms with van der Waals surface area (Å²) in [4.78, 5) is 12.0. The number of aromatic nitrogens is 2. The van der Waals surface area contributed by atoms with Crippen LogP contribution in [0.15, 0.2) is 12.3 Å². The van der Waals surface area contributed by atoms with Crippen LogP contribution in [0.1, 0.15) is 38.9 Å². The fourth-order valence-corrected chi connectivity index (χ4v) is 2.15. The van der Waals surface area contributed by atoms with E-state index in [1.807, 2.05) is 16.9 Å². The van der Waals surface area contributed by atoms with E-state index in [1.54, 1.807) is 0 Å². The predicted molar refractivity (Wildman–Crippen MR) is 64.8 cm³/mol. The minimum Gasteiger partial charge on any atom is -0.370 e. The third kappa shape index (κ3) is 2.75. The number of ketones is 1. The molecule has 2 heterocycles. The van der Waals surface area contributed by atoms with Gasteiger partial charge in [0.2, 0.25) is 0 Å². The fourth-order valence-electron chi connectivity index (χ4n) is 2.15. The molecule has 2 unspecified atom stereocenters. The monoisotopic (exact) mass is 236 g/mol. The number of hydrogen-bond acceptors (Lipinski definition) is 3. The second-order valence-electron chi connectivity index (χ2n) is 5.08. The number of carbonyl (C=O) groups is 1. The minimum absolute atomic E-state index is 0.156. The average molecular weight is 236 g/mol. The normalized spacial score (nSPS) is 24.5. The van der Waals surface area contributed by atoms with Crippen molar-refractivity contribution < 1.29 is 9.53 Å². The van der Waals surface area contributed by atoms with Gasteiger partial charge in [0.1, 0.15) is 6.10 Å². The van der Waals surface area contributed by atoms with Crippen molar-refractivity contribution in [2.45, 2.75) is 45.8 Å². The molecule has 1 aromatic rings. The van der Waals surface area contributed by atoms with Crippen molar-refractivity contribution in [3.05, 3.63) is 18.0 Å². The van der Waals surface area contributed by atoms with Crippen LogP contribution in [0.25, 0.3) is 0 Å².